The van der Waals surface area contributed by atoms with Gasteiger partial charge in [0, 0.05) is 32.8 Å². The number of rotatable bonds is 11. The van der Waals surface area contributed by atoms with Crippen molar-refractivity contribution in [2.45, 2.75) is 33.7 Å². The van der Waals surface area contributed by atoms with E-state index in [9.17, 15) is 4.79 Å². The van der Waals surface area contributed by atoms with E-state index in [2.05, 4.69) is 59.9 Å². The van der Waals surface area contributed by atoms with Crippen LogP contribution in [-0.2, 0) is 16.1 Å². The van der Waals surface area contributed by atoms with E-state index in [1.165, 1.54) is 0 Å². The lowest BCUT2D eigenvalue weighted by atomic mass is 10.1. The molecule has 152 valence electrons. The third-order valence-electron chi connectivity index (χ3n) is 3.89. The number of amides is 1. The molecule has 3 N–H and O–H groups in total. The fourth-order valence-corrected chi connectivity index (χ4v) is 2.27. The van der Waals surface area contributed by atoms with E-state index in [4.69, 9.17) is 9.47 Å². The van der Waals surface area contributed by atoms with E-state index in [0.717, 1.165) is 23.3 Å². The Morgan fingerprint density at radius 3 is 2.63 bits per heavy atom. The van der Waals surface area contributed by atoms with Crippen LogP contribution in [0, 0.1) is 12.8 Å². The van der Waals surface area contributed by atoms with Crippen molar-refractivity contribution in [1.29, 1.82) is 0 Å². The van der Waals surface area contributed by atoms with Crippen LogP contribution >= 0.6 is 0 Å². The number of hydrogen-bond acceptors (Lipinski definition) is 4. The predicted octanol–water partition coefficient (Wildman–Crippen LogP) is 1.85. The van der Waals surface area contributed by atoms with Gasteiger partial charge >= 0.3 is 0 Å². The van der Waals surface area contributed by atoms with Gasteiger partial charge in [-0.15, -0.1) is 0 Å². The van der Waals surface area contributed by atoms with Crippen LogP contribution in [0.4, 0.5) is 0 Å². The van der Waals surface area contributed by atoms with Gasteiger partial charge in [0.1, 0.15) is 5.75 Å². The molecule has 0 aliphatic heterocycles. The molecule has 0 unspecified atom stereocenters. The minimum atomic E-state index is -0.108. The zero-order chi connectivity index (χ0) is 20.1. The predicted molar refractivity (Wildman–Crippen MR) is 109 cm³/mol. The molecule has 7 heteroatoms. The average molecular weight is 379 g/mol. The van der Waals surface area contributed by atoms with Gasteiger partial charge < -0.3 is 25.4 Å². The number of ether oxygens (including phenoxy) is 2. The molecule has 0 fully saturated rings. The molecule has 0 atom stereocenters. The quantitative estimate of drug-likeness (QED) is 0.311. The number of benzene rings is 1. The molecular weight excluding hydrogens is 344 g/mol. The molecule has 27 heavy (non-hydrogen) atoms. The SMILES string of the molecule is CN=C(NCC(=O)NCCOC)NCc1ccc(C)cc1OCCC(C)C. The molecule has 0 spiro atoms. The summed E-state index contributed by atoms with van der Waals surface area (Å²) in [7, 11) is 3.27. The van der Waals surface area contributed by atoms with Gasteiger partial charge in [-0.3, -0.25) is 9.79 Å². The third kappa shape index (κ3) is 9.84. The Morgan fingerprint density at radius 1 is 1.19 bits per heavy atom. The Labute approximate surface area is 162 Å². The van der Waals surface area contributed by atoms with E-state index >= 15 is 0 Å². The summed E-state index contributed by atoms with van der Waals surface area (Å²) in [6, 6.07) is 6.17. The highest BCUT2D eigenvalue weighted by atomic mass is 16.5. The monoisotopic (exact) mass is 378 g/mol. The zero-order valence-electron chi connectivity index (χ0n) is 17.2. The van der Waals surface area contributed by atoms with Gasteiger partial charge in [-0.05, 0) is 30.9 Å². The molecule has 1 rings (SSSR count). The Morgan fingerprint density at radius 2 is 1.96 bits per heavy atom. The number of hydrogen-bond donors (Lipinski definition) is 3. The minimum Gasteiger partial charge on any atom is -0.493 e. The Balaban J connectivity index is 2.53. The van der Waals surface area contributed by atoms with Crippen molar-refractivity contribution in [2.75, 3.05) is 40.5 Å². The van der Waals surface area contributed by atoms with Gasteiger partial charge in [-0.2, -0.15) is 0 Å². The van der Waals surface area contributed by atoms with Crippen LogP contribution < -0.4 is 20.7 Å². The van der Waals surface area contributed by atoms with Crippen LogP contribution in [0.1, 0.15) is 31.4 Å². The second-order valence-corrected chi connectivity index (χ2v) is 6.76. The lowest BCUT2D eigenvalue weighted by Crippen LogP contribution is -2.43. The number of methoxy groups -OCH3 is 1. The van der Waals surface area contributed by atoms with Crippen molar-refractivity contribution >= 4 is 11.9 Å². The summed E-state index contributed by atoms with van der Waals surface area (Å²) in [4.78, 5) is 15.9. The summed E-state index contributed by atoms with van der Waals surface area (Å²) < 4.78 is 10.9. The number of carbonyl (C=O) groups is 1. The van der Waals surface area contributed by atoms with Crippen LogP contribution in [0.5, 0.6) is 5.75 Å². The summed E-state index contributed by atoms with van der Waals surface area (Å²) in [6.07, 6.45) is 1.02. The molecular formula is C20H34N4O3. The summed E-state index contributed by atoms with van der Waals surface area (Å²) >= 11 is 0. The molecule has 0 saturated carbocycles. The summed E-state index contributed by atoms with van der Waals surface area (Å²) in [6.45, 7) is 8.80. The van der Waals surface area contributed by atoms with Crippen molar-refractivity contribution < 1.29 is 14.3 Å². The number of carbonyl (C=O) groups excluding carboxylic acids is 1. The molecule has 0 heterocycles. The molecule has 0 aliphatic carbocycles. The first kappa shape index (κ1) is 22.8. The fourth-order valence-electron chi connectivity index (χ4n) is 2.27. The first-order valence-corrected chi connectivity index (χ1v) is 9.38. The van der Waals surface area contributed by atoms with E-state index < -0.39 is 0 Å². The van der Waals surface area contributed by atoms with Crippen molar-refractivity contribution in [2.24, 2.45) is 10.9 Å². The van der Waals surface area contributed by atoms with Crippen molar-refractivity contribution in [3.05, 3.63) is 29.3 Å². The second kappa shape index (κ2) is 13.0. The fraction of sp³-hybridized carbons (Fsp3) is 0.600. The molecule has 0 aliphatic rings. The topological polar surface area (TPSA) is 84.0 Å². The van der Waals surface area contributed by atoms with Crippen LogP contribution in [0.25, 0.3) is 0 Å². The van der Waals surface area contributed by atoms with Gasteiger partial charge in [-0.1, -0.05) is 26.0 Å². The zero-order valence-corrected chi connectivity index (χ0v) is 17.2. The molecule has 1 aromatic rings. The molecule has 7 nitrogen and oxygen atoms in total. The third-order valence-corrected chi connectivity index (χ3v) is 3.89. The van der Waals surface area contributed by atoms with E-state index in [1.807, 2.05) is 0 Å². The number of guanidine groups is 1. The molecule has 0 saturated heterocycles. The standard InChI is InChI=1S/C20H34N4O3/c1-15(2)8-10-27-18-12-16(3)6-7-17(18)13-23-20(21-4)24-14-19(25)22-9-11-26-5/h6-7,12,15H,8-11,13-14H2,1-5H3,(H,22,25)(H2,21,23,24). The summed E-state index contributed by atoms with van der Waals surface area (Å²) in [5.41, 5.74) is 2.21. The minimum absolute atomic E-state index is 0.108. The van der Waals surface area contributed by atoms with Crippen LogP contribution in [-0.4, -0.2) is 52.3 Å². The van der Waals surface area contributed by atoms with Gasteiger partial charge in [0.05, 0.1) is 19.8 Å². The first-order chi connectivity index (χ1) is 13.0. The maximum atomic E-state index is 11.7. The molecule has 0 bridgehead atoms. The van der Waals surface area contributed by atoms with E-state index in [1.54, 1.807) is 14.2 Å². The molecule has 0 aromatic heterocycles. The maximum absolute atomic E-state index is 11.7. The normalized spacial score (nSPS) is 11.4. The number of nitrogens with one attached hydrogen (secondary N) is 3. The Bertz CT molecular complexity index is 603. The second-order valence-electron chi connectivity index (χ2n) is 6.76. The van der Waals surface area contributed by atoms with Gasteiger partial charge in [-0.25, -0.2) is 0 Å². The Kier molecular flexibility index (Phi) is 10.9. The maximum Gasteiger partial charge on any atom is 0.239 e. The van der Waals surface area contributed by atoms with Crippen LogP contribution in [0.15, 0.2) is 23.2 Å². The highest BCUT2D eigenvalue weighted by molar-refractivity contribution is 5.86. The van der Waals surface area contributed by atoms with Crippen LogP contribution in [0.3, 0.4) is 0 Å². The van der Waals surface area contributed by atoms with E-state index in [0.29, 0.717) is 38.2 Å². The Hall–Kier alpha value is -2.28. The number of aryl methyl sites for hydroxylation is 1. The lowest BCUT2D eigenvalue weighted by molar-refractivity contribution is -0.120. The number of nitrogens with zero attached hydrogens (tertiary/aromatic N) is 1. The first-order valence-electron chi connectivity index (χ1n) is 9.38. The molecule has 0 radical (unpaired) electrons. The van der Waals surface area contributed by atoms with Crippen molar-refractivity contribution in [1.82, 2.24) is 16.0 Å². The molecule has 1 amide bonds. The van der Waals surface area contributed by atoms with Gasteiger partial charge in [0.25, 0.3) is 0 Å². The average Bonchev–Trinajstić information content (AvgIpc) is 2.63. The summed E-state index contributed by atoms with van der Waals surface area (Å²) in [5, 5.41) is 8.98. The molecule has 1 aromatic carbocycles. The smallest absolute Gasteiger partial charge is 0.239 e. The lowest BCUT2D eigenvalue weighted by Gasteiger charge is -2.16. The van der Waals surface area contributed by atoms with Crippen molar-refractivity contribution in [3.63, 3.8) is 0 Å². The van der Waals surface area contributed by atoms with Crippen molar-refractivity contribution in [3.8, 4) is 5.75 Å². The van der Waals surface area contributed by atoms with Gasteiger partial charge in [0.2, 0.25) is 5.91 Å². The highest BCUT2D eigenvalue weighted by Gasteiger charge is 2.08. The number of aliphatic imine (C=N–C) groups is 1. The largest absolute Gasteiger partial charge is 0.493 e. The van der Waals surface area contributed by atoms with E-state index in [-0.39, 0.29) is 12.5 Å². The highest BCUT2D eigenvalue weighted by Crippen LogP contribution is 2.21. The van der Waals surface area contributed by atoms with Gasteiger partial charge in [0.15, 0.2) is 5.96 Å². The summed E-state index contributed by atoms with van der Waals surface area (Å²) in [5.74, 6) is 1.94. The van der Waals surface area contributed by atoms with Crippen LogP contribution in [0.2, 0.25) is 0 Å².